The maximum atomic E-state index is 13.6. The van der Waals surface area contributed by atoms with Gasteiger partial charge in [-0.1, -0.05) is 53.5 Å². The number of halogens is 9. The number of piperidine rings is 1. The van der Waals surface area contributed by atoms with Crippen molar-refractivity contribution in [3.63, 3.8) is 0 Å². The smallest absolute Gasteiger partial charge is 0.353 e. The standard InChI is InChI=1S/C39H36Cl2F7N5O/c1-51(36(54)27-18-28(38(43,44)45)21-29(19-27)39(46,47)48)23-26(25-8-11-32(40)33(41)20-25)12-15-52-16-13-31(14-17-52)49-37-50-34-4-2-3-5-35(34)53(37)22-24-6-9-30(42)10-7-24/h2-11,18-21,26,31H,12-17,22-23H2,1H3,(H,49,50). The Bertz CT molecular complexity index is 2060. The number of alkyl halides is 6. The van der Waals surface area contributed by atoms with Crippen LogP contribution in [-0.4, -0.2) is 64.5 Å². The minimum Gasteiger partial charge on any atom is -0.353 e. The molecule has 1 aliphatic heterocycles. The number of carbonyl (C=O) groups is 1. The zero-order valence-electron chi connectivity index (χ0n) is 29.0. The Morgan fingerprint density at radius 2 is 1.54 bits per heavy atom. The number of nitrogens with one attached hydrogen (secondary N) is 1. The van der Waals surface area contributed by atoms with Crippen molar-refractivity contribution in [1.29, 1.82) is 0 Å². The molecule has 1 N–H and O–H groups in total. The number of para-hydroxylation sites is 2. The van der Waals surface area contributed by atoms with Crippen molar-refractivity contribution >= 4 is 46.1 Å². The van der Waals surface area contributed by atoms with Gasteiger partial charge in [-0.2, -0.15) is 26.3 Å². The summed E-state index contributed by atoms with van der Waals surface area (Å²) < 4.78 is 96.8. The van der Waals surface area contributed by atoms with Crippen molar-refractivity contribution in [2.24, 2.45) is 0 Å². The summed E-state index contributed by atoms with van der Waals surface area (Å²) in [6.45, 7) is 2.58. The summed E-state index contributed by atoms with van der Waals surface area (Å²) in [5.41, 5.74) is -0.384. The van der Waals surface area contributed by atoms with Gasteiger partial charge in [0, 0.05) is 44.2 Å². The van der Waals surface area contributed by atoms with Crippen LogP contribution in [0.5, 0.6) is 0 Å². The van der Waals surface area contributed by atoms with Gasteiger partial charge in [-0.15, -0.1) is 0 Å². The lowest BCUT2D eigenvalue weighted by Crippen LogP contribution is -2.40. The highest BCUT2D eigenvalue weighted by Gasteiger charge is 2.38. The first kappa shape index (κ1) is 39.4. The number of hydrogen-bond acceptors (Lipinski definition) is 4. The number of imidazole rings is 1. The molecule has 1 atom stereocenters. The van der Waals surface area contributed by atoms with E-state index >= 15 is 0 Å². The van der Waals surface area contributed by atoms with Gasteiger partial charge in [0.1, 0.15) is 5.82 Å². The normalized spacial score (nSPS) is 15.1. The van der Waals surface area contributed by atoms with Crippen LogP contribution in [0.3, 0.4) is 0 Å². The van der Waals surface area contributed by atoms with E-state index in [4.69, 9.17) is 28.2 Å². The van der Waals surface area contributed by atoms with E-state index in [0.29, 0.717) is 36.7 Å². The van der Waals surface area contributed by atoms with Gasteiger partial charge in [-0.25, -0.2) is 9.37 Å². The summed E-state index contributed by atoms with van der Waals surface area (Å²) >= 11 is 12.5. The molecule has 0 spiro atoms. The molecule has 1 aromatic heterocycles. The molecule has 54 heavy (non-hydrogen) atoms. The van der Waals surface area contributed by atoms with Crippen LogP contribution in [0, 0.1) is 5.82 Å². The van der Waals surface area contributed by atoms with Gasteiger partial charge in [0.25, 0.3) is 5.91 Å². The zero-order chi connectivity index (χ0) is 38.8. The van der Waals surface area contributed by atoms with Crippen LogP contribution < -0.4 is 5.32 Å². The van der Waals surface area contributed by atoms with E-state index in [1.165, 1.54) is 19.2 Å². The molecule has 1 aliphatic rings. The number of rotatable bonds is 11. The molecular weight excluding hydrogens is 758 g/mol. The number of aromatic nitrogens is 2. The van der Waals surface area contributed by atoms with Crippen molar-refractivity contribution < 1.29 is 35.5 Å². The highest BCUT2D eigenvalue weighted by atomic mass is 35.5. The average molecular weight is 795 g/mol. The highest BCUT2D eigenvalue weighted by Crippen LogP contribution is 2.37. The fourth-order valence-corrected chi connectivity index (χ4v) is 7.09. The molecule has 6 nitrogen and oxygen atoms in total. The SMILES string of the molecule is CN(CC(CCN1CCC(Nc2nc3ccccc3n2Cc2ccc(F)cc2)CC1)c1ccc(Cl)c(Cl)c1)C(=O)c1cc(C(F)(F)F)cc(C(F)(F)F)c1. The van der Waals surface area contributed by atoms with Crippen LogP contribution in [0.25, 0.3) is 11.0 Å². The van der Waals surface area contributed by atoms with Crippen LogP contribution in [0.15, 0.2) is 84.9 Å². The number of likely N-dealkylation sites (tertiary alicyclic amines) is 1. The van der Waals surface area contributed by atoms with Gasteiger partial charge < -0.3 is 19.7 Å². The molecular formula is C39H36Cl2F7N5O. The second-order valence-electron chi connectivity index (χ2n) is 13.5. The maximum Gasteiger partial charge on any atom is 0.416 e. The first-order valence-corrected chi connectivity index (χ1v) is 18.0. The Labute approximate surface area is 317 Å². The lowest BCUT2D eigenvalue weighted by Gasteiger charge is -2.34. The van der Waals surface area contributed by atoms with Gasteiger partial charge >= 0.3 is 12.4 Å². The van der Waals surface area contributed by atoms with E-state index in [1.54, 1.807) is 30.3 Å². The maximum absolute atomic E-state index is 13.6. The molecule has 1 fully saturated rings. The van der Waals surface area contributed by atoms with Crippen molar-refractivity contribution in [3.8, 4) is 0 Å². The van der Waals surface area contributed by atoms with Crippen molar-refractivity contribution in [2.45, 2.75) is 50.1 Å². The third-order valence-electron chi connectivity index (χ3n) is 9.71. The summed E-state index contributed by atoms with van der Waals surface area (Å²) in [6, 6.07) is 20.2. The third-order valence-corrected chi connectivity index (χ3v) is 10.5. The van der Waals surface area contributed by atoms with E-state index in [2.05, 4.69) is 14.8 Å². The number of hydrogen-bond donors (Lipinski definition) is 1. The van der Waals surface area contributed by atoms with E-state index in [-0.39, 0.29) is 35.4 Å². The Morgan fingerprint density at radius 3 is 2.17 bits per heavy atom. The molecule has 1 saturated heterocycles. The van der Waals surface area contributed by atoms with Crippen LogP contribution in [0.1, 0.15) is 57.8 Å². The number of benzene rings is 4. The summed E-state index contributed by atoms with van der Waals surface area (Å²) in [5, 5.41) is 4.20. The number of carbonyl (C=O) groups excluding carboxylic acids is 1. The minimum atomic E-state index is -5.08. The number of nitrogens with zero attached hydrogens (tertiary/aromatic N) is 4. The monoisotopic (exact) mass is 793 g/mol. The van der Waals surface area contributed by atoms with Crippen molar-refractivity contribution in [3.05, 3.63) is 129 Å². The van der Waals surface area contributed by atoms with Crippen molar-refractivity contribution in [1.82, 2.24) is 19.4 Å². The van der Waals surface area contributed by atoms with Crippen LogP contribution in [0.2, 0.25) is 10.0 Å². The molecule has 4 aromatic carbocycles. The van der Waals surface area contributed by atoms with Crippen LogP contribution in [-0.2, 0) is 18.9 Å². The van der Waals surface area contributed by atoms with Gasteiger partial charge in [0.15, 0.2) is 0 Å². The number of likely N-dealkylation sites (N-methyl/N-ethyl adjacent to an activating group) is 1. The van der Waals surface area contributed by atoms with Gasteiger partial charge in [0.2, 0.25) is 5.95 Å². The van der Waals surface area contributed by atoms with Gasteiger partial charge in [-0.3, -0.25) is 4.79 Å². The summed E-state index contributed by atoms with van der Waals surface area (Å²) in [7, 11) is 1.35. The lowest BCUT2D eigenvalue weighted by molar-refractivity contribution is -0.143. The molecule has 6 rings (SSSR count). The van der Waals surface area contributed by atoms with Crippen LogP contribution >= 0.6 is 23.2 Å². The minimum absolute atomic E-state index is 0.00181. The van der Waals surface area contributed by atoms with Gasteiger partial charge in [-0.05, 0) is 91.5 Å². The Balaban J connectivity index is 1.13. The lowest BCUT2D eigenvalue weighted by atomic mass is 9.93. The number of amides is 1. The first-order valence-electron chi connectivity index (χ1n) is 17.2. The topological polar surface area (TPSA) is 53.4 Å². The summed E-state index contributed by atoms with van der Waals surface area (Å²) in [5.74, 6) is -0.937. The molecule has 0 saturated carbocycles. The molecule has 15 heteroatoms. The largest absolute Gasteiger partial charge is 0.416 e. The average Bonchev–Trinajstić information content (AvgIpc) is 3.47. The second-order valence-corrected chi connectivity index (χ2v) is 14.4. The predicted octanol–water partition coefficient (Wildman–Crippen LogP) is 10.4. The zero-order valence-corrected chi connectivity index (χ0v) is 30.5. The van der Waals surface area contributed by atoms with E-state index in [1.807, 2.05) is 24.3 Å². The molecule has 1 unspecified atom stereocenters. The Kier molecular flexibility index (Phi) is 11.8. The fourth-order valence-electron chi connectivity index (χ4n) is 6.78. The Morgan fingerprint density at radius 1 is 0.889 bits per heavy atom. The molecule has 2 heterocycles. The first-order chi connectivity index (χ1) is 25.5. The molecule has 286 valence electrons. The second kappa shape index (κ2) is 16.2. The molecule has 0 radical (unpaired) electrons. The van der Waals surface area contributed by atoms with E-state index in [9.17, 15) is 35.5 Å². The van der Waals surface area contributed by atoms with Crippen molar-refractivity contribution in [2.75, 3.05) is 38.5 Å². The van der Waals surface area contributed by atoms with E-state index < -0.39 is 35.0 Å². The molecule has 5 aromatic rings. The van der Waals surface area contributed by atoms with E-state index in [0.717, 1.165) is 58.9 Å². The quantitative estimate of drug-likeness (QED) is 0.135. The van der Waals surface area contributed by atoms with Gasteiger partial charge in [0.05, 0.1) is 38.8 Å². The molecule has 0 bridgehead atoms. The highest BCUT2D eigenvalue weighted by molar-refractivity contribution is 6.42. The predicted molar refractivity (Wildman–Crippen MR) is 196 cm³/mol. The number of fused-ring (bicyclic) bond motifs is 1. The van der Waals surface area contributed by atoms with Crippen LogP contribution in [0.4, 0.5) is 36.7 Å². The third kappa shape index (κ3) is 9.48. The Hall–Kier alpha value is -4.33. The molecule has 0 aliphatic carbocycles. The summed E-state index contributed by atoms with van der Waals surface area (Å²) in [6.07, 6.45) is -8.06. The fraction of sp³-hybridized carbons (Fsp3) is 0.333. The molecule has 1 amide bonds. The summed E-state index contributed by atoms with van der Waals surface area (Å²) in [4.78, 5) is 21.6. The number of anilines is 1.